The Morgan fingerprint density at radius 2 is 1.62 bits per heavy atom. The maximum Gasteiger partial charge on any atom is 0.257 e. The van der Waals surface area contributed by atoms with Crippen molar-refractivity contribution >= 4 is 23.2 Å². The van der Waals surface area contributed by atoms with Crippen LogP contribution in [0, 0.1) is 0 Å². The molecule has 0 radical (unpaired) electrons. The summed E-state index contributed by atoms with van der Waals surface area (Å²) in [5.74, 6) is 0. The van der Waals surface area contributed by atoms with Crippen molar-refractivity contribution in [2.75, 3.05) is 0 Å². The van der Waals surface area contributed by atoms with Gasteiger partial charge in [-0.3, -0.25) is 0 Å². The fourth-order valence-corrected chi connectivity index (χ4v) is 1.60. The average molecular weight is 226 g/mol. The van der Waals surface area contributed by atoms with Crippen LogP contribution in [-0.4, -0.2) is 6.43 Å². The van der Waals surface area contributed by atoms with Crippen LogP contribution >= 0.6 is 23.2 Å². The predicted octanol–water partition coefficient (Wildman–Crippen LogP) is 3.26. The lowest BCUT2D eigenvalue weighted by molar-refractivity contribution is 0.116. The molecule has 0 amide bonds. The van der Waals surface area contributed by atoms with Crippen LogP contribution in [0.5, 0.6) is 0 Å². The van der Waals surface area contributed by atoms with Crippen molar-refractivity contribution in [3.05, 3.63) is 33.8 Å². The summed E-state index contributed by atoms with van der Waals surface area (Å²) in [7, 11) is 0. The lowest BCUT2D eigenvalue weighted by Gasteiger charge is -2.13. The lowest BCUT2D eigenvalue weighted by atomic mass is 10.1. The van der Waals surface area contributed by atoms with Gasteiger partial charge < -0.3 is 5.73 Å². The molecule has 0 aromatic heterocycles. The van der Waals surface area contributed by atoms with E-state index in [9.17, 15) is 8.78 Å². The minimum Gasteiger partial charge on any atom is -0.319 e. The third-order valence-corrected chi connectivity index (χ3v) is 2.26. The van der Waals surface area contributed by atoms with Crippen molar-refractivity contribution in [1.82, 2.24) is 0 Å². The van der Waals surface area contributed by atoms with Gasteiger partial charge in [0.15, 0.2) is 0 Å². The Labute approximate surface area is 84.4 Å². The predicted molar refractivity (Wildman–Crippen MR) is 49.4 cm³/mol. The molecule has 13 heavy (non-hydrogen) atoms. The number of hydrogen-bond acceptors (Lipinski definition) is 1. The molecule has 0 saturated heterocycles. The number of halogens is 4. The van der Waals surface area contributed by atoms with Gasteiger partial charge in [-0.2, -0.15) is 0 Å². The van der Waals surface area contributed by atoms with Crippen LogP contribution in [0.15, 0.2) is 18.2 Å². The van der Waals surface area contributed by atoms with Gasteiger partial charge in [-0.05, 0) is 12.1 Å². The van der Waals surface area contributed by atoms with Crippen molar-refractivity contribution < 1.29 is 8.78 Å². The fraction of sp³-hybridized carbons (Fsp3) is 0.250. The zero-order chi connectivity index (χ0) is 10.0. The molecule has 5 heteroatoms. The van der Waals surface area contributed by atoms with Gasteiger partial charge in [-0.1, -0.05) is 29.3 Å². The van der Waals surface area contributed by atoms with Gasteiger partial charge in [0.1, 0.15) is 0 Å². The quantitative estimate of drug-likeness (QED) is 0.822. The maximum absolute atomic E-state index is 12.2. The summed E-state index contributed by atoms with van der Waals surface area (Å²) < 4.78 is 24.5. The highest BCUT2D eigenvalue weighted by Crippen LogP contribution is 2.31. The molecule has 1 rings (SSSR count). The molecule has 1 aromatic rings. The molecule has 0 bridgehead atoms. The molecule has 0 saturated carbocycles. The summed E-state index contributed by atoms with van der Waals surface area (Å²) in [4.78, 5) is 0. The number of benzene rings is 1. The topological polar surface area (TPSA) is 26.0 Å². The van der Waals surface area contributed by atoms with Crippen molar-refractivity contribution in [3.8, 4) is 0 Å². The summed E-state index contributed by atoms with van der Waals surface area (Å²) in [5.41, 5.74) is 5.32. The first-order chi connectivity index (χ1) is 6.04. The molecule has 2 N–H and O–H groups in total. The fourth-order valence-electron chi connectivity index (χ4n) is 0.955. The molecule has 0 heterocycles. The Balaban J connectivity index is 3.12. The SMILES string of the molecule is N[C@@H](c1c(Cl)cccc1Cl)C(F)F. The van der Waals surface area contributed by atoms with Crippen LogP contribution in [0.2, 0.25) is 10.0 Å². The molecule has 0 aliphatic carbocycles. The molecule has 1 aromatic carbocycles. The molecule has 0 aliphatic heterocycles. The monoisotopic (exact) mass is 225 g/mol. The highest BCUT2D eigenvalue weighted by molar-refractivity contribution is 6.36. The van der Waals surface area contributed by atoms with Gasteiger partial charge in [0.2, 0.25) is 0 Å². The number of alkyl halides is 2. The largest absolute Gasteiger partial charge is 0.319 e. The molecule has 1 atom stereocenters. The first kappa shape index (κ1) is 10.7. The maximum atomic E-state index is 12.2. The number of rotatable bonds is 2. The molecule has 1 nitrogen and oxygen atoms in total. The van der Waals surface area contributed by atoms with E-state index in [1.807, 2.05) is 0 Å². The van der Waals surface area contributed by atoms with Crippen molar-refractivity contribution in [2.45, 2.75) is 12.5 Å². The van der Waals surface area contributed by atoms with E-state index in [-0.39, 0.29) is 15.6 Å². The van der Waals surface area contributed by atoms with Crippen molar-refractivity contribution in [3.63, 3.8) is 0 Å². The first-order valence-electron chi connectivity index (χ1n) is 3.51. The van der Waals surface area contributed by atoms with E-state index in [0.29, 0.717) is 0 Å². The van der Waals surface area contributed by atoms with Crippen LogP contribution in [0.25, 0.3) is 0 Å². The van der Waals surface area contributed by atoms with Crippen molar-refractivity contribution in [2.24, 2.45) is 5.73 Å². The van der Waals surface area contributed by atoms with Crippen LogP contribution in [-0.2, 0) is 0 Å². The van der Waals surface area contributed by atoms with Crippen LogP contribution in [0.4, 0.5) is 8.78 Å². The van der Waals surface area contributed by atoms with E-state index >= 15 is 0 Å². The van der Waals surface area contributed by atoms with Gasteiger partial charge >= 0.3 is 0 Å². The molecule has 0 spiro atoms. The van der Waals surface area contributed by atoms with Crippen LogP contribution in [0.3, 0.4) is 0 Å². The Bertz CT molecular complexity index is 284. The number of hydrogen-bond donors (Lipinski definition) is 1. The second-order valence-corrected chi connectivity index (χ2v) is 3.31. The van der Waals surface area contributed by atoms with Gasteiger partial charge in [-0.25, -0.2) is 8.78 Å². The Hall–Kier alpha value is -0.380. The Morgan fingerprint density at radius 3 is 2.00 bits per heavy atom. The second kappa shape index (κ2) is 4.22. The molecule has 0 unspecified atom stereocenters. The zero-order valence-electron chi connectivity index (χ0n) is 6.48. The minimum absolute atomic E-state index is 0.0980. The normalized spacial score (nSPS) is 13.4. The molecule has 72 valence electrons. The lowest BCUT2D eigenvalue weighted by Crippen LogP contribution is -2.19. The first-order valence-corrected chi connectivity index (χ1v) is 4.27. The van der Waals surface area contributed by atoms with E-state index in [1.54, 1.807) is 6.07 Å². The third kappa shape index (κ3) is 2.30. The van der Waals surface area contributed by atoms with Crippen LogP contribution in [0.1, 0.15) is 11.6 Å². The standard InChI is InChI=1S/C8H7Cl2F2N/c9-4-2-1-3-5(10)6(4)7(13)8(11)12/h1-3,7-8H,13H2/t7-/m0/s1. The zero-order valence-corrected chi connectivity index (χ0v) is 7.99. The van der Waals surface area contributed by atoms with E-state index in [4.69, 9.17) is 28.9 Å². The summed E-state index contributed by atoms with van der Waals surface area (Å²) in [6.07, 6.45) is -2.67. The van der Waals surface area contributed by atoms with E-state index in [1.165, 1.54) is 12.1 Å². The smallest absolute Gasteiger partial charge is 0.257 e. The molecule has 0 fully saturated rings. The van der Waals surface area contributed by atoms with E-state index in [0.717, 1.165) is 0 Å². The Kier molecular flexibility index (Phi) is 3.47. The minimum atomic E-state index is -2.67. The molecular formula is C8H7Cl2F2N. The van der Waals surface area contributed by atoms with Crippen LogP contribution < -0.4 is 5.73 Å². The van der Waals surface area contributed by atoms with E-state index < -0.39 is 12.5 Å². The van der Waals surface area contributed by atoms with Gasteiger partial charge in [0.25, 0.3) is 6.43 Å². The summed E-state index contributed by atoms with van der Waals surface area (Å²) in [6, 6.07) is 3.10. The highest BCUT2D eigenvalue weighted by Gasteiger charge is 2.22. The molecular weight excluding hydrogens is 219 g/mol. The van der Waals surface area contributed by atoms with Gasteiger partial charge in [-0.15, -0.1) is 0 Å². The third-order valence-electron chi connectivity index (χ3n) is 1.60. The van der Waals surface area contributed by atoms with Gasteiger partial charge in [0.05, 0.1) is 6.04 Å². The van der Waals surface area contributed by atoms with Gasteiger partial charge in [0, 0.05) is 15.6 Å². The molecule has 0 aliphatic rings. The average Bonchev–Trinajstić information content (AvgIpc) is 2.03. The summed E-state index contributed by atoms with van der Waals surface area (Å²) >= 11 is 11.3. The second-order valence-electron chi connectivity index (χ2n) is 2.50. The summed E-state index contributed by atoms with van der Waals surface area (Å²) in [5, 5.41) is 0.334. The number of nitrogens with two attached hydrogens (primary N) is 1. The summed E-state index contributed by atoms with van der Waals surface area (Å²) in [6.45, 7) is 0. The highest BCUT2D eigenvalue weighted by atomic mass is 35.5. The van der Waals surface area contributed by atoms with E-state index in [2.05, 4.69) is 0 Å². The Morgan fingerprint density at radius 1 is 1.15 bits per heavy atom. The van der Waals surface area contributed by atoms with Crippen molar-refractivity contribution in [1.29, 1.82) is 0 Å².